The molecule has 2 aromatic rings. The highest BCUT2D eigenvalue weighted by atomic mass is 35.5. The summed E-state index contributed by atoms with van der Waals surface area (Å²) in [6, 6.07) is 10.6. The van der Waals surface area contributed by atoms with Gasteiger partial charge in [-0.15, -0.1) is 0 Å². The van der Waals surface area contributed by atoms with E-state index in [0.717, 1.165) is 5.56 Å². The number of hydrogen-bond donors (Lipinski definition) is 3. The first-order chi connectivity index (χ1) is 11.7. The predicted molar refractivity (Wildman–Crippen MR) is 93.8 cm³/mol. The maximum Gasteiger partial charge on any atom is 0.399 e. The molecule has 3 rings (SSSR count). The molecule has 1 heterocycles. The quantitative estimate of drug-likeness (QED) is 0.521. The van der Waals surface area contributed by atoms with Crippen LogP contribution in [0.3, 0.4) is 0 Å². The lowest BCUT2D eigenvalue weighted by molar-refractivity contribution is -0.185. The van der Waals surface area contributed by atoms with Crippen LogP contribution in [0.4, 0.5) is 18.9 Å². The van der Waals surface area contributed by atoms with Crippen LogP contribution >= 0.6 is 23.2 Å². The molecule has 8 heteroatoms. The van der Waals surface area contributed by atoms with E-state index in [0.29, 0.717) is 5.69 Å². The van der Waals surface area contributed by atoms with Gasteiger partial charge < -0.3 is 10.7 Å². The van der Waals surface area contributed by atoms with Crippen molar-refractivity contribution in [1.82, 2.24) is 5.32 Å². The molecule has 1 fully saturated rings. The molecule has 1 saturated heterocycles. The van der Waals surface area contributed by atoms with Gasteiger partial charge in [-0.3, -0.25) is 5.84 Å². The molecule has 1 aliphatic rings. The van der Waals surface area contributed by atoms with Crippen molar-refractivity contribution in [2.45, 2.75) is 24.1 Å². The summed E-state index contributed by atoms with van der Waals surface area (Å²) < 4.78 is 42.1. The number of nitrogens with one attached hydrogen (secondary N) is 2. The Bertz CT molecular complexity index is 744. The summed E-state index contributed by atoms with van der Waals surface area (Å²) in [5, 5.41) is 3.36. The SMILES string of the molecule is NNc1ccc(C2CC(c3cc(Cl)cc(Cl)c3)(C(F)(F)F)CN2)cc1. The van der Waals surface area contributed by atoms with Crippen molar-refractivity contribution in [2.75, 3.05) is 12.0 Å². The van der Waals surface area contributed by atoms with E-state index in [9.17, 15) is 13.2 Å². The average Bonchev–Trinajstić information content (AvgIpc) is 3.00. The van der Waals surface area contributed by atoms with Gasteiger partial charge in [0.15, 0.2) is 0 Å². The van der Waals surface area contributed by atoms with Crippen molar-refractivity contribution in [3.05, 3.63) is 63.6 Å². The first-order valence-corrected chi connectivity index (χ1v) is 8.34. The molecule has 0 spiro atoms. The van der Waals surface area contributed by atoms with Gasteiger partial charge in [-0.05, 0) is 47.9 Å². The second kappa shape index (κ2) is 6.68. The zero-order valence-corrected chi connectivity index (χ0v) is 14.5. The molecule has 0 aromatic heterocycles. The molecule has 134 valence electrons. The number of nitrogens with two attached hydrogens (primary N) is 1. The Kier molecular flexibility index (Phi) is 4.90. The second-order valence-corrected chi connectivity index (χ2v) is 7.01. The van der Waals surface area contributed by atoms with Gasteiger partial charge in [0, 0.05) is 28.3 Å². The Balaban J connectivity index is 1.98. The lowest BCUT2D eigenvalue weighted by Gasteiger charge is -2.32. The summed E-state index contributed by atoms with van der Waals surface area (Å²) in [6.07, 6.45) is -4.58. The van der Waals surface area contributed by atoms with E-state index in [2.05, 4.69) is 10.7 Å². The number of hydrazine groups is 1. The Morgan fingerprint density at radius 3 is 2.20 bits per heavy atom. The lowest BCUT2D eigenvalue weighted by Crippen LogP contribution is -2.44. The summed E-state index contributed by atoms with van der Waals surface area (Å²) in [5.74, 6) is 5.32. The zero-order valence-electron chi connectivity index (χ0n) is 13.0. The van der Waals surface area contributed by atoms with E-state index in [4.69, 9.17) is 29.0 Å². The molecule has 2 aromatic carbocycles. The highest BCUT2D eigenvalue weighted by Crippen LogP contribution is 2.50. The average molecular weight is 390 g/mol. The topological polar surface area (TPSA) is 50.1 Å². The number of rotatable bonds is 3. The highest BCUT2D eigenvalue weighted by Gasteiger charge is 2.59. The van der Waals surface area contributed by atoms with Crippen molar-refractivity contribution in [1.29, 1.82) is 0 Å². The second-order valence-electron chi connectivity index (χ2n) is 6.14. The molecule has 0 saturated carbocycles. The maximum atomic E-state index is 14.0. The van der Waals surface area contributed by atoms with Crippen LogP contribution < -0.4 is 16.6 Å². The van der Waals surface area contributed by atoms with Gasteiger partial charge in [0.05, 0.1) is 0 Å². The van der Waals surface area contributed by atoms with Gasteiger partial charge in [-0.1, -0.05) is 35.3 Å². The Morgan fingerprint density at radius 2 is 1.68 bits per heavy atom. The third-order valence-electron chi connectivity index (χ3n) is 4.64. The van der Waals surface area contributed by atoms with Crippen LogP contribution in [0.15, 0.2) is 42.5 Å². The largest absolute Gasteiger partial charge is 0.399 e. The predicted octanol–water partition coefficient (Wildman–Crippen LogP) is 4.81. The van der Waals surface area contributed by atoms with E-state index >= 15 is 0 Å². The number of anilines is 1. The molecule has 0 aliphatic carbocycles. The molecule has 1 aliphatic heterocycles. The van der Waals surface area contributed by atoms with Crippen molar-refractivity contribution in [3.8, 4) is 0 Å². The van der Waals surface area contributed by atoms with Crippen LogP contribution in [-0.4, -0.2) is 12.7 Å². The monoisotopic (exact) mass is 389 g/mol. The van der Waals surface area contributed by atoms with Gasteiger partial charge >= 0.3 is 6.18 Å². The third kappa shape index (κ3) is 3.44. The molecular formula is C17H16Cl2F3N3. The van der Waals surface area contributed by atoms with Crippen LogP contribution in [0, 0.1) is 0 Å². The van der Waals surface area contributed by atoms with Crippen molar-refractivity contribution in [3.63, 3.8) is 0 Å². The fourth-order valence-electron chi connectivity index (χ4n) is 3.27. The molecule has 2 unspecified atom stereocenters. The maximum absolute atomic E-state index is 14.0. The smallest absolute Gasteiger partial charge is 0.324 e. The summed E-state index contributed by atoms with van der Waals surface area (Å²) in [5.41, 5.74) is 1.97. The van der Waals surface area contributed by atoms with E-state index in [1.54, 1.807) is 24.3 Å². The minimum absolute atomic E-state index is 0.0766. The van der Waals surface area contributed by atoms with Crippen molar-refractivity contribution >= 4 is 28.9 Å². The number of halogens is 5. The molecule has 4 N–H and O–H groups in total. The summed E-state index contributed by atoms with van der Waals surface area (Å²) in [4.78, 5) is 0. The summed E-state index contributed by atoms with van der Waals surface area (Å²) >= 11 is 11.9. The molecule has 25 heavy (non-hydrogen) atoms. The fraction of sp³-hybridized carbons (Fsp3) is 0.294. The minimum atomic E-state index is -4.44. The number of nitrogen functional groups attached to an aromatic ring is 1. The first kappa shape index (κ1) is 18.3. The lowest BCUT2D eigenvalue weighted by atomic mass is 9.77. The molecule has 3 nitrogen and oxygen atoms in total. The van der Waals surface area contributed by atoms with Gasteiger partial charge in [0.2, 0.25) is 0 Å². The Hall–Kier alpha value is -1.47. The van der Waals surface area contributed by atoms with Gasteiger partial charge in [0.25, 0.3) is 0 Å². The van der Waals surface area contributed by atoms with Gasteiger partial charge in [-0.2, -0.15) is 13.2 Å². The van der Waals surface area contributed by atoms with Crippen LogP contribution in [-0.2, 0) is 5.41 Å². The zero-order chi connectivity index (χ0) is 18.2. The van der Waals surface area contributed by atoms with Crippen LogP contribution in [0.2, 0.25) is 10.0 Å². The fourth-order valence-corrected chi connectivity index (χ4v) is 3.79. The van der Waals surface area contributed by atoms with Gasteiger partial charge in [0.1, 0.15) is 5.41 Å². The molecule has 0 amide bonds. The van der Waals surface area contributed by atoms with Crippen molar-refractivity contribution < 1.29 is 13.2 Å². The Labute approximate surface area is 153 Å². The number of hydrogen-bond acceptors (Lipinski definition) is 3. The van der Waals surface area contributed by atoms with Crippen LogP contribution in [0.25, 0.3) is 0 Å². The van der Waals surface area contributed by atoms with E-state index in [-0.39, 0.29) is 28.6 Å². The minimum Gasteiger partial charge on any atom is -0.324 e. The molecular weight excluding hydrogens is 374 g/mol. The molecule has 0 radical (unpaired) electrons. The van der Waals surface area contributed by atoms with E-state index < -0.39 is 17.6 Å². The first-order valence-electron chi connectivity index (χ1n) is 7.58. The number of benzene rings is 2. The van der Waals surface area contributed by atoms with E-state index in [1.165, 1.54) is 18.2 Å². The Morgan fingerprint density at radius 1 is 1.08 bits per heavy atom. The standard InChI is InChI=1S/C17H16Cl2F3N3/c18-12-5-11(6-13(19)7-12)16(17(20,21)22)8-15(24-9-16)10-1-3-14(25-23)4-2-10/h1-7,15,24-25H,8-9,23H2. The summed E-state index contributed by atoms with van der Waals surface area (Å²) in [6.45, 7) is -0.241. The molecule has 2 atom stereocenters. The third-order valence-corrected chi connectivity index (χ3v) is 5.08. The van der Waals surface area contributed by atoms with E-state index in [1.807, 2.05) is 0 Å². The number of alkyl halides is 3. The molecule has 0 bridgehead atoms. The van der Waals surface area contributed by atoms with Crippen molar-refractivity contribution in [2.24, 2.45) is 5.84 Å². The van der Waals surface area contributed by atoms with Crippen LogP contribution in [0.1, 0.15) is 23.6 Å². The van der Waals surface area contributed by atoms with Gasteiger partial charge in [-0.25, -0.2) is 0 Å². The normalized spacial score (nSPS) is 23.7. The summed E-state index contributed by atoms with van der Waals surface area (Å²) in [7, 11) is 0. The van der Waals surface area contributed by atoms with Crippen LogP contribution in [0.5, 0.6) is 0 Å². The highest BCUT2D eigenvalue weighted by molar-refractivity contribution is 6.34.